The number of hydrogen-bond donors (Lipinski definition) is 1. The van der Waals surface area contributed by atoms with Crippen LogP contribution in [0.25, 0.3) is 6.08 Å². The zero-order valence-corrected chi connectivity index (χ0v) is 17.3. The number of nitrogens with one attached hydrogen (secondary N) is 1. The third-order valence-corrected chi connectivity index (χ3v) is 4.62. The molecule has 1 aliphatic rings. The van der Waals surface area contributed by atoms with Crippen LogP contribution >= 0.6 is 12.2 Å². The number of carbonyl (C=O) groups excluding carboxylic acids is 2. The van der Waals surface area contributed by atoms with Crippen LogP contribution in [0.5, 0.6) is 11.5 Å². The Bertz CT molecular complexity index is 1000. The van der Waals surface area contributed by atoms with E-state index in [9.17, 15) is 9.59 Å². The molecule has 150 valence electrons. The zero-order chi connectivity index (χ0) is 21.0. The van der Waals surface area contributed by atoms with Crippen molar-refractivity contribution >= 4 is 40.9 Å². The van der Waals surface area contributed by atoms with Crippen molar-refractivity contribution in [1.29, 1.82) is 0 Å². The molecule has 0 spiro atoms. The highest BCUT2D eigenvalue weighted by Gasteiger charge is 2.35. The second-order valence-electron chi connectivity index (χ2n) is 6.32. The van der Waals surface area contributed by atoms with Gasteiger partial charge >= 0.3 is 0 Å². The first-order valence-corrected chi connectivity index (χ1v) is 9.73. The van der Waals surface area contributed by atoms with E-state index in [1.807, 2.05) is 39.0 Å². The number of hydrogen-bond acceptors (Lipinski definition) is 5. The molecule has 1 heterocycles. The van der Waals surface area contributed by atoms with Crippen molar-refractivity contribution in [2.45, 2.75) is 20.8 Å². The summed E-state index contributed by atoms with van der Waals surface area (Å²) in [4.78, 5) is 27.0. The van der Waals surface area contributed by atoms with Crippen molar-refractivity contribution in [2.75, 3.05) is 18.1 Å². The molecular formula is C22H22N2O4S. The molecule has 2 aromatic carbocycles. The van der Waals surface area contributed by atoms with Gasteiger partial charge in [-0.1, -0.05) is 24.3 Å². The average Bonchev–Trinajstić information content (AvgIpc) is 2.68. The summed E-state index contributed by atoms with van der Waals surface area (Å²) in [5, 5.41) is 2.66. The van der Waals surface area contributed by atoms with E-state index in [0.717, 1.165) is 5.56 Å². The van der Waals surface area contributed by atoms with Crippen molar-refractivity contribution in [3.8, 4) is 11.5 Å². The average molecular weight is 410 g/mol. The molecule has 1 fully saturated rings. The highest BCUT2D eigenvalue weighted by molar-refractivity contribution is 7.80. The molecule has 0 saturated carbocycles. The molecule has 1 saturated heterocycles. The summed E-state index contributed by atoms with van der Waals surface area (Å²) in [6.45, 7) is 6.62. The van der Waals surface area contributed by atoms with Crippen molar-refractivity contribution in [2.24, 2.45) is 0 Å². The SMILES string of the molecule is CCOc1ccc(/C=C2\C(=O)NC(=S)N(c3ccccc3C)C2=O)cc1OCC. The van der Waals surface area contributed by atoms with E-state index < -0.39 is 11.8 Å². The van der Waals surface area contributed by atoms with E-state index in [2.05, 4.69) is 5.32 Å². The lowest BCUT2D eigenvalue weighted by molar-refractivity contribution is -0.122. The Labute approximate surface area is 175 Å². The molecule has 7 heteroatoms. The number of thiocarbonyl (C=S) groups is 1. The predicted molar refractivity (Wildman–Crippen MR) is 116 cm³/mol. The summed E-state index contributed by atoms with van der Waals surface area (Å²) in [5.74, 6) is 0.161. The maximum absolute atomic E-state index is 13.1. The number of nitrogens with zero attached hydrogens (tertiary/aromatic N) is 1. The smallest absolute Gasteiger partial charge is 0.270 e. The number of aryl methyl sites for hydroxylation is 1. The quantitative estimate of drug-likeness (QED) is 0.448. The topological polar surface area (TPSA) is 67.9 Å². The molecule has 1 N–H and O–H groups in total. The lowest BCUT2D eigenvalue weighted by Crippen LogP contribution is -2.54. The van der Waals surface area contributed by atoms with Gasteiger partial charge in [-0.15, -0.1) is 0 Å². The van der Waals surface area contributed by atoms with Crippen LogP contribution in [0.2, 0.25) is 0 Å². The van der Waals surface area contributed by atoms with E-state index in [-0.39, 0.29) is 10.7 Å². The maximum atomic E-state index is 13.1. The van der Waals surface area contributed by atoms with Gasteiger partial charge in [-0.25, -0.2) is 0 Å². The van der Waals surface area contributed by atoms with Gasteiger partial charge in [0.2, 0.25) is 0 Å². The Balaban J connectivity index is 2.00. The minimum absolute atomic E-state index is 0.00605. The molecular weight excluding hydrogens is 388 g/mol. The van der Waals surface area contributed by atoms with Gasteiger partial charge in [-0.05, 0) is 68.4 Å². The second-order valence-corrected chi connectivity index (χ2v) is 6.70. The number of amides is 2. The summed E-state index contributed by atoms with van der Waals surface area (Å²) in [6, 6.07) is 12.6. The minimum atomic E-state index is -0.531. The van der Waals surface area contributed by atoms with Crippen LogP contribution in [0, 0.1) is 6.92 Å². The van der Waals surface area contributed by atoms with E-state index in [1.54, 1.807) is 24.3 Å². The molecule has 2 aromatic rings. The molecule has 0 bridgehead atoms. The van der Waals surface area contributed by atoms with Crippen molar-refractivity contribution in [3.63, 3.8) is 0 Å². The van der Waals surface area contributed by atoms with Gasteiger partial charge in [0.15, 0.2) is 16.6 Å². The lowest BCUT2D eigenvalue weighted by atomic mass is 10.1. The molecule has 3 rings (SSSR count). The molecule has 29 heavy (non-hydrogen) atoms. The van der Waals surface area contributed by atoms with Crippen LogP contribution in [0.3, 0.4) is 0 Å². The standard InChI is InChI=1S/C22H22N2O4S/c1-4-27-18-11-10-15(13-19(18)28-5-2)12-16-20(25)23-22(29)24(21(16)26)17-9-7-6-8-14(17)3/h6-13H,4-5H2,1-3H3,(H,23,25,29)/b16-12+. The van der Waals surface area contributed by atoms with Crippen LogP contribution in [-0.4, -0.2) is 30.1 Å². The molecule has 0 aliphatic carbocycles. The Morgan fingerprint density at radius 3 is 2.41 bits per heavy atom. The Kier molecular flexibility index (Phi) is 6.29. The third kappa shape index (κ3) is 4.30. The van der Waals surface area contributed by atoms with Crippen LogP contribution < -0.4 is 19.7 Å². The number of anilines is 1. The molecule has 0 unspecified atom stereocenters. The number of rotatable bonds is 6. The number of benzene rings is 2. The Morgan fingerprint density at radius 2 is 1.72 bits per heavy atom. The first-order chi connectivity index (χ1) is 14.0. The lowest BCUT2D eigenvalue weighted by Gasteiger charge is -2.30. The number of ether oxygens (including phenoxy) is 2. The van der Waals surface area contributed by atoms with Crippen LogP contribution in [-0.2, 0) is 9.59 Å². The molecule has 0 radical (unpaired) electrons. The third-order valence-electron chi connectivity index (χ3n) is 4.34. The van der Waals surface area contributed by atoms with Gasteiger partial charge in [0, 0.05) is 0 Å². The molecule has 0 aromatic heterocycles. The van der Waals surface area contributed by atoms with Gasteiger partial charge in [0.25, 0.3) is 11.8 Å². The molecule has 6 nitrogen and oxygen atoms in total. The maximum Gasteiger partial charge on any atom is 0.270 e. The highest BCUT2D eigenvalue weighted by atomic mass is 32.1. The summed E-state index contributed by atoms with van der Waals surface area (Å²) >= 11 is 5.25. The molecule has 2 amide bonds. The fourth-order valence-electron chi connectivity index (χ4n) is 3.01. The Hall–Kier alpha value is -3.19. The monoisotopic (exact) mass is 410 g/mol. The molecule has 1 aliphatic heterocycles. The summed E-state index contributed by atoms with van der Waals surface area (Å²) < 4.78 is 11.2. The second kappa shape index (κ2) is 8.87. The summed E-state index contributed by atoms with van der Waals surface area (Å²) in [7, 11) is 0. The van der Waals surface area contributed by atoms with E-state index in [4.69, 9.17) is 21.7 Å². The van der Waals surface area contributed by atoms with Gasteiger partial charge in [0.05, 0.1) is 18.9 Å². The van der Waals surface area contributed by atoms with Crippen LogP contribution in [0.4, 0.5) is 5.69 Å². The van der Waals surface area contributed by atoms with Gasteiger partial charge in [-0.3, -0.25) is 19.8 Å². The Morgan fingerprint density at radius 1 is 1.03 bits per heavy atom. The van der Waals surface area contributed by atoms with Gasteiger partial charge in [-0.2, -0.15) is 0 Å². The normalized spacial score (nSPS) is 15.5. The first-order valence-electron chi connectivity index (χ1n) is 9.33. The first kappa shape index (κ1) is 20.5. The number of carbonyl (C=O) groups is 2. The van der Waals surface area contributed by atoms with E-state index in [1.165, 1.54) is 11.0 Å². The van der Waals surface area contributed by atoms with Gasteiger partial charge < -0.3 is 9.47 Å². The highest BCUT2D eigenvalue weighted by Crippen LogP contribution is 2.30. The van der Waals surface area contributed by atoms with Crippen molar-refractivity contribution in [3.05, 3.63) is 59.2 Å². The molecule has 0 atom stereocenters. The summed E-state index contributed by atoms with van der Waals surface area (Å²) in [6.07, 6.45) is 1.53. The van der Waals surface area contributed by atoms with Crippen molar-refractivity contribution in [1.82, 2.24) is 5.32 Å². The van der Waals surface area contributed by atoms with Crippen LogP contribution in [0.15, 0.2) is 48.0 Å². The van der Waals surface area contributed by atoms with E-state index >= 15 is 0 Å². The predicted octanol–water partition coefficient (Wildman–Crippen LogP) is 3.62. The fraction of sp³-hybridized carbons (Fsp3) is 0.227. The zero-order valence-electron chi connectivity index (χ0n) is 16.5. The van der Waals surface area contributed by atoms with Crippen LogP contribution in [0.1, 0.15) is 25.0 Å². The van der Waals surface area contributed by atoms with Crippen molar-refractivity contribution < 1.29 is 19.1 Å². The summed E-state index contributed by atoms with van der Waals surface area (Å²) in [5.41, 5.74) is 2.15. The fourth-order valence-corrected chi connectivity index (χ4v) is 3.29. The van der Waals surface area contributed by atoms with Gasteiger partial charge in [0.1, 0.15) is 5.57 Å². The largest absolute Gasteiger partial charge is 0.490 e. The van der Waals surface area contributed by atoms with E-state index in [0.29, 0.717) is 36.0 Å². The number of para-hydroxylation sites is 1. The minimum Gasteiger partial charge on any atom is -0.490 e.